The van der Waals surface area contributed by atoms with E-state index in [0.29, 0.717) is 0 Å². The van der Waals surface area contributed by atoms with E-state index in [1.54, 1.807) is 0 Å². The molecule has 0 bridgehead atoms. The predicted molar refractivity (Wildman–Crippen MR) is 59.4 cm³/mol. The first-order chi connectivity index (χ1) is 6.84. The van der Waals surface area contributed by atoms with E-state index in [0.717, 1.165) is 24.1 Å². The summed E-state index contributed by atoms with van der Waals surface area (Å²) in [5.41, 5.74) is 9.41. The molecule has 0 saturated heterocycles. The Morgan fingerprint density at radius 1 is 1.29 bits per heavy atom. The van der Waals surface area contributed by atoms with Crippen molar-refractivity contribution >= 4 is 11.4 Å². The van der Waals surface area contributed by atoms with Gasteiger partial charge in [-0.1, -0.05) is 12.5 Å². The summed E-state index contributed by atoms with van der Waals surface area (Å²) < 4.78 is 0. The maximum atomic E-state index is 5.78. The highest BCUT2D eigenvalue weighted by Crippen LogP contribution is 2.45. The Balaban J connectivity index is 2.05. The number of hydrogen-bond acceptors (Lipinski definition) is 2. The van der Waals surface area contributed by atoms with Gasteiger partial charge in [-0.3, -0.25) is 0 Å². The Kier molecular flexibility index (Phi) is 1.69. The largest absolute Gasteiger partial charge is 0.399 e. The summed E-state index contributed by atoms with van der Waals surface area (Å²) in [6, 6.07) is 6.31. The summed E-state index contributed by atoms with van der Waals surface area (Å²) in [6.07, 6.45) is 4.14. The van der Waals surface area contributed by atoms with Gasteiger partial charge in [-0.05, 0) is 42.4 Å². The molecule has 0 spiro atoms. The molecular weight excluding hydrogens is 172 g/mol. The Morgan fingerprint density at radius 2 is 2.21 bits per heavy atom. The number of nitrogens with one attached hydrogen (secondary N) is 1. The molecule has 14 heavy (non-hydrogen) atoms. The lowest BCUT2D eigenvalue weighted by atomic mass is 9.84. The van der Waals surface area contributed by atoms with Crippen molar-refractivity contribution in [3.63, 3.8) is 0 Å². The Morgan fingerprint density at radius 3 is 3.14 bits per heavy atom. The third-order valence-corrected chi connectivity index (χ3v) is 3.69. The molecule has 2 unspecified atom stereocenters. The molecule has 74 valence electrons. The number of benzene rings is 1. The second kappa shape index (κ2) is 2.91. The predicted octanol–water partition coefficient (Wildman–Crippen LogP) is 2.58. The quantitative estimate of drug-likeness (QED) is 0.614. The van der Waals surface area contributed by atoms with E-state index >= 15 is 0 Å². The summed E-state index contributed by atoms with van der Waals surface area (Å²) in [5, 5.41) is 3.49. The second-order valence-corrected chi connectivity index (χ2v) is 4.53. The van der Waals surface area contributed by atoms with Gasteiger partial charge in [0.05, 0.1) is 0 Å². The van der Waals surface area contributed by atoms with Crippen LogP contribution in [0.3, 0.4) is 0 Å². The third-order valence-electron chi connectivity index (χ3n) is 3.69. The topological polar surface area (TPSA) is 38.0 Å². The van der Waals surface area contributed by atoms with Crippen LogP contribution in [-0.4, -0.2) is 6.54 Å². The molecule has 2 heteroatoms. The molecule has 2 atom stereocenters. The average Bonchev–Trinajstić information content (AvgIpc) is 2.65. The van der Waals surface area contributed by atoms with Crippen molar-refractivity contribution in [1.29, 1.82) is 0 Å². The minimum atomic E-state index is 0.798. The fraction of sp³-hybridized carbons (Fsp3) is 0.500. The van der Waals surface area contributed by atoms with E-state index in [2.05, 4.69) is 17.4 Å². The van der Waals surface area contributed by atoms with Gasteiger partial charge >= 0.3 is 0 Å². The lowest BCUT2D eigenvalue weighted by Gasteiger charge is -2.29. The lowest BCUT2D eigenvalue weighted by Crippen LogP contribution is -2.23. The SMILES string of the molecule is Nc1ccc2c(c1)NCC1CCCC21. The van der Waals surface area contributed by atoms with Crippen molar-refractivity contribution in [3.8, 4) is 0 Å². The van der Waals surface area contributed by atoms with E-state index in [1.165, 1.54) is 30.5 Å². The Hall–Kier alpha value is -1.18. The van der Waals surface area contributed by atoms with Gasteiger partial charge in [-0.15, -0.1) is 0 Å². The molecule has 2 nitrogen and oxygen atoms in total. The van der Waals surface area contributed by atoms with E-state index in [-0.39, 0.29) is 0 Å². The highest BCUT2D eigenvalue weighted by molar-refractivity contribution is 5.62. The second-order valence-electron chi connectivity index (χ2n) is 4.53. The minimum Gasteiger partial charge on any atom is -0.399 e. The van der Waals surface area contributed by atoms with Crippen molar-refractivity contribution in [2.45, 2.75) is 25.2 Å². The van der Waals surface area contributed by atoms with Gasteiger partial charge < -0.3 is 11.1 Å². The first-order valence-electron chi connectivity index (χ1n) is 5.48. The zero-order chi connectivity index (χ0) is 9.54. The monoisotopic (exact) mass is 188 g/mol. The van der Waals surface area contributed by atoms with Gasteiger partial charge in [0.1, 0.15) is 0 Å². The van der Waals surface area contributed by atoms with Gasteiger partial charge in [-0.25, -0.2) is 0 Å². The average molecular weight is 188 g/mol. The third kappa shape index (κ3) is 1.10. The Bertz CT molecular complexity index is 359. The van der Waals surface area contributed by atoms with Crippen LogP contribution in [-0.2, 0) is 0 Å². The van der Waals surface area contributed by atoms with Crippen molar-refractivity contribution in [3.05, 3.63) is 23.8 Å². The molecule has 3 N–H and O–H groups in total. The zero-order valence-corrected chi connectivity index (χ0v) is 8.29. The maximum Gasteiger partial charge on any atom is 0.0396 e. The van der Waals surface area contributed by atoms with E-state index in [9.17, 15) is 0 Å². The molecule has 1 heterocycles. The van der Waals surface area contributed by atoms with Crippen LogP contribution in [0.2, 0.25) is 0 Å². The highest BCUT2D eigenvalue weighted by atomic mass is 14.9. The smallest absolute Gasteiger partial charge is 0.0396 e. The number of nitrogen functional groups attached to an aromatic ring is 1. The van der Waals surface area contributed by atoms with Crippen LogP contribution in [0.5, 0.6) is 0 Å². The van der Waals surface area contributed by atoms with Crippen LogP contribution in [0.15, 0.2) is 18.2 Å². The molecule has 1 aliphatic heterocycles. The van der Waals surface area contributed by atoms with Gasteiger partial charge in [0.25, 0.3) is 0 Å². The van der Waals surface area contributed by atoms with Crippen LogP contribution in [0, 0.1) is 5.92 Å². The number of nitrogens with two attached hydrogens (primary N) is 1. The molecule has 2 aliphatic rings. The van der Waals surface area contributed by atoms with Crippen molar-refractivity contribution in [2.24, 2.45) is 5.92 Å². The van der Waals surface area contributed by atoms with E-state index in [1.807, 2.05) is 6.07 Å². The number of anilines is 2. The fourth-order valence-electron chi connectivity index (χ4n) is 2.98. The highest BCUT2D eigenvalue weighted by Gasteiger charge is 2.32. The molecule has 3 rings (SSSR count). The summed E-state index contributed by atoms with van der Waals surface area (Å²) in [4.78, 5) is 0. The molecule has 1 aromatic rings. The molecule has 1 saturated carbocycles. The van der Waals surface area contributed by atoms with Gasteiger partial charge in [0.15, 0.2) is 0 Å². The number of fused-ring (bicyclic) bond motifs is 3. The molecule has 1 fully saturated rings. The maximum absolute atomic E-state index is 5.78. The molecule has 1 aliphatic carbocycles. The zero-order valence-electron chi connectivity index (χ0n) is 8.29. The van der Waals surface area contributed by atoms with Crippen molar-refractivity contribution in [2.75, 3.05) is 17.6 Å². The molecule has 0 amide bonds. The number of hydrogen-bond donors (Lipinski definition) is 2. The van der Waals surface area contributed by atoms with Crippen molar-refractivity contribution < 1.29 is 0 Å². The van der Waals surface area contributed by atoms with Crippen LogP contribution < -0.4 is 11.1 Å². The molecule has 0 radical (unpaired) electrons. The first kappa shape index (κ1) is 8.16. The van der Waals surface area contributed by atoms with E-state index < -0.39 is 0 Å². The Labute approximate surface area is 84.5 Å². The molecule has 1 aromatic carbocycles. The fourth-order valence-corrected chi connectivity index (χ4v) is 2.98. The van der Waals surface area contributed by atoms with Gasteiger partial charge in [0.2, 0.25) is 0 Å². The first-order valence-corrected chi connectivity index (χ1v) is 5.48. The van der Waals surface area contributed by atoms with E-state index in [4.69, 9.17) is 5.73 Å². The summed E-state index contributed by atoms with van der Waals surface area (Å²) >= 11 is 0. The minimum absolute atomic E-state index is 0.798. The normalized spacial score (nSPS) is 29.1. The van der Waals surface area contributed by atoms with Crippen LogP contribution >= 0.6 is 0 Å². The van der Waals surface area contributed by atoms with Crippen molar-refractivity contribution in [1.82, 2.24) is 0 Å². The molecule has 0 aromatic heterocycles. The summed E-state index contributed by atoms with van der Waals surface area (Å²) in [7, 11) is 0. The van der Waals surface area contributed by atoms with Crippen LogP contribution in [0.1, 0.15) is 30.7 Å². The molecular formula is C12H16N2. The standard InChI is InChI=1S/C12H16N2/c13-9-4-5-11-10-3-1-2-8(10)7-14-12(11)6-9/h4-6,8,10,14H,1-3,7,13H2. The van der Waals surface area contributed by atoms with Gasteiger partial charge in [-0.2, -0.15) is 0 Å². The summed E-state index contributed by atoms with van der Waals surface area (Å²) in [6.45, 7) is 1.14. The lowest BCUT2D eigenvalue weighted by molar-refractivity contribution is 0.495. The van der Waals surface area contributed by atoms with Gasteiger partial charge in [0, 0.05) is 17.9 Å². The van der Waals surface area contributed by atoms with Crippen LogP contribution in [0.25, 0.3) is 0 Å². The van der Waals surface area contributed by atoms with Crippen LogP contribution in [0.4, 0.5) is 11.4 Å². The summed E-state index contributed by atoms with van der Waals surface area (Å²) in [5.74, 6) is 1.66. The number of rotatable bonds is 0.